The zero-order valence-electron chi connectivity index (χ0n) is 11.1. The summed E-state index contributed by atoms with van der Waals surface area (Å²) in [6, 6.07) is 6.54. The molecule has 0 aliphatic rings. The highest BCUT2D eigenvalue weighted by Crippen LogP contribution is 2.21. The van der Waals surface area contributed by atoms with Gasteiger partial charge in [-0.1, -0.05) is 13.8 Å². The van der Waals surface area contributed by atoms with E-state index in [-0.39, 0.29) is 5.91 Å². The number of anilines is 2. The number of benzene rings is 1. The van der Waals surface area contributed by atoms with Crippen molar-refractivity contribution in [3.05, 3.63) is 23.8 Å². The molecule has 1 rings (SSSR count). The molecule has 0 bridgehead atoms. The van der Waals surface area contributed by atoms with E-state index in [1.165, 1.54) is 6.92 Å². The Kier molecular flexibility index (Phi) is 5.01. The van der Waals surface area contributed by atoms with Gasteiger partial charge in [-0.25, -0.2) is 0 Å². The SMILES string of the molecule is CCC(CC)Nc1ccc(NC(C)=O)c(C)c1. The third-order valence-corrected chi connectivity index (χ3v) is 2.89. The van der Waals surface area contributed by atoms with Gasteiger partial charge < -0.3 is 10.6 Å². The van der Waals surface area contributed by atoms with Gasteiger partial charge in [0.1, 0.15) is 0 Å². The molecular formula is C14H22N2O. The summed E-state index contributed by atoms with van der Waals surface area (Å²) in [6.07, 6.45) is 2.23. The lowest BCUT2D eigenvalue weighted by molar-refractivity contribution is -0.114. The minimum atomic E-state index is -0.0335. The van der Waals surface area contributed by atoms with Gasteiger partial charge in [-0.3, -0.25) is 4.79 Å². The molecule has 0 aliphatic heterocycles. The number of carbonyl (C=O) groups is 1. The van der Waals surface area contributed by atoms with Crippen LogP contribution in [0.15, 0.2) is 18.2 Å². The Hall–Kier alpha value is -1.51. The summed E-state index contributed by atoms with van der Waals surface area (Å²) in [4.78, 5) is 11.0. The molecule has 17 heavy (non-hydrogen) atoms. The third-order valence-electron chi connectivity index (χ3n) is 2.89. The Labute approximate surface area is 104 Å². The molecule has 0 radical (unpaired) electrons. The summed E-state index contributed by atoms with van der Waals surface area (Å²) in [5.41, 5.74) is 3.08. The quantitative estimate of drug-likeness (QED) is 0.818. The van der Waals surface area contributed by atoms with Crippen LogP contribution in [0.2, 0.25) is 0 Å². The summed E-state index contributed by atoms with van der Waals surface area (Å²) >= 11 is 0. The number of hydrogen-bond donors (Lipinski definition) is 2. The first-order valence-corrected chi connectivity index (χ1v) is 6.21. The highest BCUT2D eigenvalue weighted by atomic mass is 16.1. The van der Waals surface area contributed by atoms with Gasteiger partial charge >= 0.3 is 0 Å². The van der Waals surface area contributed by atoms with E-state index in [9.17, 15) is 4.79 Å². The number of nitrogens with one attached hydrogen (secondary N) is 2. The molecule has 0 fully saturated rings. The molecule has 1 amide bonds. The van der Waals surface area contributed by atoms with Crippen molar-refractivity contribution < 1.29 is 4.79 Å². The normalized spacial score (nSPS) is 10.4. The van der Waals surface area contributed by atoms with Gasteiger partial charge in [0.25, 0.3) is 0 Å². The minimum absolute atomic E-state index is 0.0335. The molecule has 2 N–H and O–H groups in total. The van der Waals surface area contributed by atoms with Gasteiger partial charge in [0, 0.05) is 24.3 Å². The van der Waals surface area contributed by atoms with Crippen LogP contribution in [0.3, 0.4) is 0 Å². The van der Waals surface area contributed by atoms with Gasteiger partial charge in [0.2, 0.25) is 5.91 Å². The second kappa shape index (κ2) is 6.28. The van der Waals surface area contributed by atoms with Gasteiger partial charge in [0.05, 0.1) is 0 Å². The Morgan fingerprint density at radius 3 is 2.41 bits per heavy atom. The van der Waals surface area contributed by atoms with Crippen molar-refractivity contribution in [2.24, 2.45) is 0 Å². The Balaban J connectivity index is 2.77. The number of rotatable bonds is 5. The highest BCUT2D eigenvalue weighted by molar-refractivity contribution is 5.89. The van der Waals surface area contributed by atoms with Crippen LogP contribution >= 0.6 is 0 Å². The Bertz CT molecular complexity index is 384. The average molecular weight is 234 g/mol. The van der Waals surface area contributed by atoms with E-state index in [1.807, 2.05) is 19.1 Å². The first-order chi connectivity index (χ1) is 8.06. The fourth-order valence-electron chi connectivity index (χ4n) is 1.81. The van der Waals surface area contributed by atoms with Gasteiger partial charge in [0.15, 0.2) is 0 Å². The van der Waals surface area contributed by atoms with Crippen molar-refractivity contribution in [2.45, 2.75) is 46.6 Å². The summed E-state index contributed by atoms with van der Waals surface area (Å²) < 4.78 is 0. The maximum atomic E-state index is 11.0. The largest absolute Gasteiger partial charge is 0.382 e. The molecule has 1 aromatic carbocycles. The van der Waals surface area contributed by atoms with Crippen LogP contribution in [0.4, 0.5) is 11.4 Å². The first-order valence-electron chi connectivity index (χ1n) is 6.21. The topological polar surface area (TPSA) is 41.1 Å². The lowest BCUT2D eigenvalue weighted by Crippen LogP contribution is -2.17. The Morgan fingerprint density at radius 2 is 1.94 bits per heavy atom. The molecule has 0 saturated heterocycles. The zero-order valence-corrected chi connectivity index (χ0v) is 11.1. The van der Waals surface area contributed by atoms with Gasteiger partial charge in [-0.15, -0.1) is 0 Å². The van der Waals surface area contributed by atoms with Gasteiger partial charge in [-0.05, 0) is 43.5 Å². The van der Waals surface area contributed by atoms with Crippen molar-refractivity contribution in [2.75, 3.05) is 10.6 Å². The zero-order chi connectivity index (χ0) is 12.8. The smallest absolute Gasteiger partial charge is 0.221 e. The number of hydrogen-bond acceptors (Lipinski definition) is 2. The van der Waals surface area contributed by atoms with Crippen molar-refractivity contribution in [3.63, 3.8) is 0 Å². The maximum absolute atomic E-state index is 11.0. The molecule has 0 saturated carbocycles. The van der Waals surface area contributed by atoms with E-state index in [0.717, 1.165) is 29.8 Å². The van der Waals surface area contributed by atoms with E-state index < -0.39 is 0 Å². The van der Waals surface area contributed by atoms with Crippen LogP contribution in [0.5, 0.6) is 0 Å². The van der Waals surface area contributed by atoms with E-state index in [1.54, 1.807) is 0 Å². The monoisotopic (exact) mass is 234 g/mol. The van der Waals surface area contributed by atoms with E-state index in [4.69, 9.17) is 0 Å². The fraction of sp³-hybridized carbons (Fsp3) is 0.500. The third kappa shape index (κ3) is 4.10. The summed E-state index contributed by atoms with van der Waals surface area (Å²) in [7, 11) is 0. The second-order valence-corrected chi connectivity index (χ2v) is 4.37. The highest BCUT2D eigenvalue weighted by Gasteiger charge is 2.05. The molecule has 3 heteroatoms. The predicted molar refractivity (Wildman–Crippen MR) is 73.5 cm³/mol. The van der Waals surface area contributed by atoms with Crippen LogP contribution < -0.4 is 10.6 Å². The summed E-state index contributed by atoms with van der Waals surface area (Å²) in [5.74, 6) is -0.0335. The lowest BCUT2D eigenvalue weighted by Gasteiger charge is -2.17. The summed E-state index contributed by atoms with van der Waals surface area (Å²) in [5, 5.41) is 6.30. The average Bonchev–Trinajstić information content (AvgIpc) is 2.29. The molecule has 0 aromatic heterocycles. The second-order valence-electron chi connectivity index (χ2n) is 4.37. The number of amides is 1. The van der Waals surface area contributed by atoms with Crippen LogP contribution in [0.1, 0.15) is 39.2 Å². The van der Waals surface area contributed by atoms with E-state index >= 15 is 0 Å². The van der Waals surface area contributed by atoms with Gasteiger partial charge in [-0.2, -0.15) is 0 Å². The van der Waals surface area contributed by atoms with Crippen LogP contribution in [-0.2, 0) is 4.79 Å². The molecule has 0 unspecified atom stereocenters. The fourth-order valence-corrected chi connectivity index (χ4v) is 1.81. The lowest BCUT2D eigenvalue weighted by atomic mass is 10.1. The molecule has 94 valence electrons. The summed E-state index contributed by atoms with van der Waals surface area (Å²) in [6.45, 7) is 7.89. The van der Waals surface area contributed by atoms with Crippen LogP contribution in [0, 0.1) is 6.92 Å². The molecule has 0 aliphatic carbocycles. The maximum Gasteiger partial charge on any atom is 0.221 e. The first kappa shape index (κ1) is 13.6. The van der Waals surface area contributed by atoms with Crippen molar-refractivity contribution in [1.82, 2.24) is 0 Å². The van der Waals surface area contributed by atoms with Crippen molar-refractivity contribution >= 4 is 17.3 Å². The standard InChI is InChI=1S/C14H22N2O/c1-5-12(6-2)16-13-7-8-14(10(3)9-13)15-11(4)17/h7-9,12,16H,5-6H2,1-4H3,(H,15,17). The minimum Gasteiger partial charge on any atom is -0.382 e. The van der Waals surface area contributed by atoms with E-state index in [2.05, 4.69) is 30.5 Å². The molecule has 1 aromatic rings. The van der Waals surface area contributed by atoms with Crippen LogP contribution in [-0.4, -0.2) is 11.9 Å². The van der Waals surface area contributed by atoms with Crippen LogP contribution in [0.25, 0.3) is 0 Å². The molecular weight excluding hydrogens is 212 g/mol. The Morgan fingerprint density at radius 1 is 1.29 bits per heavy atom. The molecule has 0 atom stereocenters. The molecule has 0 spiro atoms. The van der Waals surface area contributed by atoms with Crippen molar-refractivity contribution in [3.8, 4) is 0 Å². The molecule has 0 heterocycles. The predicted octanol–water partition coefficient (Wildman–Crippen LogP) is 3.55. The molecule has 3 nitrogen and oxygen atoms in total. The number of carbonyl (C=O) groups excluding carboxylic acids is 1. The van der Waals surface area contributed by atoms with Crippen molar-refractivity contribution in [1.29, 1.82) is 0 Å². The van der Waals surface area contributed by atoms with E-state index in [0.29, 0.717) is 6.04 Å². The number of aryl methyl sites for hydroxylation is 1.